The Kier molecular flexibility index (Phi) is 12.7. The molecule has 2 N–H and O–H groups in total. The van der Waals surface area contributed by atoms with E-state index in [0.29, 0.717) is 62.9 Å². The molecule has 0 aliphatic carbocycles. The summed E-state index contributed by atoms with van der Waals surface area (Å²) in [6.07, 6.45) is 2.84. The molecule has 2 aromatic carbocycles. The second-order valence-electron chi connectivity index (χ2n) is 12.3. The van der Waals surface area contributed by atoms with E-state index in [-0.39, 0.29) is 22.9 Å². The highest BCUT2D eigenvalue weighted by Gasteiger charge is 2.32. The smallest absolute Gasteiger partial charge is 0.242 e. The van der Waals surface area contributed by atoms with Crippen LogP contribution in [0.15, 0.2) is 87.3 Å². The average molecular weight is 730 g/mol. The van der Waals surface area contributed by atoms with Crippen LogP contribution in [0.5, 0.6) is 0 Å². The van der Waals surface area contributed by atoms with Gasteiger partial charge in [0.05, 0.1) is 11.4 Å². The maximum atomic E-state index is 14.2. The number of rotatable bonds is 17. The van der Waals surface area contributed by atoms with Gasteiger partial charge in [-0.15, -0.1) is 22.7 Å². The zero-order valence-electron chi connectivity index (χ0n) is 28.0. The summed E-state index contributed by atoms with van der Waals surface area (Å²) >= 11 is 3.16. The van der Waals surface area contributed by atoms with E-state index in [1.807, 2.05) is 73.1 Å². The standard InChI is InChI=1S/C35H47N5O4S4/c1-4-39(23-22-38(2)3)32-26-33(40-20-16-29(17-21-40)28-10-6-5-7-11-28)35(48(43,44)37-19-15-31-13-9-25-46-31)27-34(32)47(41,42)36-18-14-30-12-8-24-45-30/h5-13,24-27,29,36-37H,4,14-23H2,1-3H3. The van der Waals surface area contributed by atoms with E-state index in [2.05, 4.69) is 43.5 Å². The van der Waals surface area contributed by atoms with Crippen LogP contribution in [0.4, 0.5) is 11.4 Å². The molecule has 260 valence electrons. The van der Waals surface area contributed by atoms with Gasteiger partial charge in [0, 0.05) is 55.6 Å². The monoisotopic (exact) mass is 729 g/mol. The van der Waals surface area contributed by atoms with Gasteiger partial charge in [-0.3, -0.25) is 0 Å². The van der Waals surface area contributed by atoms with E-state index in [0.717, 1.165) is 22.6 Å². The van der Waals surface area contributed by atoms with Gasteiger partial charge in [0.25, 0.3) is 0 Å². The number of nitrogens with zero attached hydrogens (tertiary/aromatic N) is 3. The van der Waals surface area contributed by atoms with Gasteiger partial charge < -0.3 is 14.7 Å². The molecule has 1 aliphatic heterocycles. The molecule has 1 saturated heterocycles. The summed E-state index contributed by atoms with van der Waals surface area (Å²) in [7, 11) is -4.19. The summed E-state index contributed by atoms with van der Waals surface area (Å²) in [6, 6.07) is 21.5. The van der Waals surface area contributed by atoms with Gasteiger partial charge in [0.2, 0.25) is 20.0 Å². The van der Waals surface area contributed by atoms with Gasteiger partial charge in [-0.2, -0.15) is 0 Å². The maximum Gasteiger partial charge on any atom is 0.242 e. The molecule has 0 radical (unpaired) electrons. The number of benzene rings is 2. The molecule has 13 heteroatoms. The Morgan fingerprint density at radius 3 is 1.88 bits per heavy atom. The highest BCUT2D eigenvalue weighted by molar-refractivity contribution is 7.90. The maximum absolute atomic E-state index is 14.2. The molecule has 0 saturated carbocycles. The number of piperidine rings is 1. The number of sulfonamides is 2. The molecule has 1 aliphatic rings. The minimum atomic E-state index is -4.08. The van der Waals surface area contributed by atoms with Gasteiger partial charge >= 0.3 is 0 Å². The zero-order chi connectivity index (χ0) is 34.1. The van der Waals surface area contributed by atoms with Crippen LogP contribution in [-0.2, 0) is 32.9 Å². The molecule has 0 spiro atoms. The second-order valence-corrected chi connectivity index (χ2v) is 17.8. The first-order valence-electron chi connectivity index (χ1n) is 16.5. The minimum absolute atomic E-state index is 0.00196. The SMILES string of the molecule is CCN(CCN(C)C)c1cc(N2CCC(c3ccccc3)CC2)c(S(=O)(=O)NCCc2cccs2)cc1S(=O)(=O)NCCc1cccs1. The number of thiophene rings is 2. The van der Waals surface area contributed by atoms with Crippen LogP contribution in [0, 0.1) is 0 Å². The topological polar surface area (TPSA) is 102 Å². The Hall–Kier alpha value is -2.78. The average Bonchev–Trinajstić information content (AvgIpc) is 3.80. The van der Waals surface area contributed by atoms with E-state index < -0.39 is 20.0 Å². The lowest BCUT2D eigenvalue weighted by Gasteiger charge is -2.36. The molecule has 4 aromatic rings. The third-order valence-corrected chi connectivity index (χ3v) is 13.6. The lowest BCUT2D eigenvalue weighted by atomic mass is 9.89. The molecule has 0 bridgehead atoms. The van der Waals surface area contributed by atoms with Crippen LogP contribution < -0.4 is 19.2 Å². The Morgan fingerprint density at radius 1 is 0.771 bits per heavy atom. The van der Waals surface area contributed by atoms with Gasteiger partial charge in [-0.05, 0) is 93.2 Å². The Morgan fingerprint density at radius 2 is 1.35 bits per heavy atom. The first-order chi connectivity index (χ1) is 23.1. The van der Waals surface area contributed by atoms with Crippen LogP contribution in [-0.4, -0.2) is 81.6 Å². The molecule has 48 heavy (non-hydrogen) atoms. The summed E-state index contributed by atoms with van der Waals surface area (Å²) in [6.45, 7) is 5.60. The number of nitrogens with one attached hydrogen (secondary N) is 2. The van der Waals surface area contributed by atoms with Crippen molar-refractivity contribution in [2.75, 3.05) is 69.7 Å². The van der Waals surface area contributed by atoms with E-state index in [4.69, 9.17) is 0 Å². The summed E-state index contributed by atoms with van der Waals surface area (Å²) < 4.78 is 62.1. The van der Waals surface area contributed by atoms with E-state index in [1.165, 1.54) is 11.6 Å². The normalized spacial score (nSPS) is 14.5. The summed E-state index contributed by atoms with van der Waals surface area (Å²) in [5, 5.41) is 3.94. The van der Waals surface area contributed by atoms with Gasteiger partial charge in [0.1, 0.15) is 9.79 Å². The van der Waals surface area contributed by atoms with Crippen molar-refractivity contribution in [3.8, 4) is 0 Å². The van der Waals surface area contributed by atoms with Crippen molar-refractivity contribution in [1.82, 2.24) is 14.3 Å². The fraction of sp³-hybridized carbons (Fsp3) is 0.429. The Bertz CT molecular complexity index is 1790. The Balaban J connectivity index is 1.54. The molecule has 1 fully saturated rings. The van der Waals surface area contributed by atoms with E-state index in [9.17, 15) is 16.8 Å². The zero-order valence-corrected chi connectivity index (χ0v) is 31.2. The minimum Gasteiger partial charge on any atom is -0.370 e. The molecule has 9 nitrogen and oxygen atoms in total. The first kappa shape index (κ1) is 36.5. The summed E-state index contributed by atoms with van der Waals surface area (Å²) in [5.74, 6) is 0.380. The number of hydrogen-bond acceptors (Lipinski definition) is 9. The third-order valence-electron chi connectivity index (χ3n) is 8.75. The van der Waals surface area contributed by atoms with Gasteiger partial charge in [0.15, 0.2) is 0 Å². The van der Waals surface area contributed by atoms with Crippen molar-refractivity contribution in [3.05, 3.63) is 92.8 Å². The molecule has 0 atom stereocenters. The highest BCUT2D eigenvalue weighted by Crippen LogP contribution is 2.39. The fourth-order valence-corrected chi connectivity index (χ4v) is 10.1. The van der Waals surface area contributed by atoms with Crippen LogP contribution in [0.3, 0.4) is 0 Å². The quantitative estimate of drug-likeness (QED) is 0.146. The van der Waals surface area contributed by atoms with Crippen molar-refractivity contribution in [2.24, 2.45) is 0 Å². The molecule has 2 aromatic heterocycles. The van der Waals surface area contributed by atoms with Crippen molar-refractivity contribution in [1.29, 1.82) is 0 Å². The van der Waals surface area contributed by atoms with Crippen LogP contribution in [0.2, 0.25) is 0 Å². The largest absolute Gasteiger partial charge is 0.370 e. The van der Waals surface area contributed by atoms with Crippen molar-refractivity contribution in [3.63, 3.8) is 0 Å². The van der Waals surface area contributed by atoms with Gasteiger partial charge in [-0.25, -0.2) is 26.3 Å². The van der Waals surface area contributed by atoms with Gasteiger partial charge in [-0.1, -0.05) is 42.5 Å². The second kappa shape index (κ2) is 16.8. The lowest BCUT2D eigenvalue weighted by molar-refractivity contribution is 0.413. The molecule has 0 amide bonds. The van der Waals surface area contributed by atoms with Crippen LogP contribution >= 0.6 is 22.7 Å². The number of likely N-dealkylation sites (N-methyl/N-ethyl adjacent to an activating group) is 2. The predicted molar refractivity (Wildman–Crippen MR) is 200 cm³/mol. The third kappa shape index (κ3) is 9.46. The van der Waals surface area contributed by atoms with Crippen molar-refractivity contribution in [2.45, 2.75) is 48.3 Å². The Labute approximate surface area is 294 Å². The predicted octanol–water partition coefficient (Wildman–Crippen LogP) is 5.62. The van der Waals surface area contributed by atoms with E-state index in [1.54, 1.807) is 22.7 Å². The van der Waals surface area contributed by atoms with E-state index >= 15 is 0 Å². The van der Waals surface area contributed by atoms with Crippen molar-refractivity contribution < 1.29 is 16.8 Å². The molecular formula is C35H47N5O4S4. The first-order valence-corrected chi connectivity index (χ1v) is 21.2. The molecule has 5 rings (SSSR count). The molecular weight excluding hydrogens is 683 g/mol. The summed E-state index contributed by atoms with van der Waals surface area (Å²) in [5.41, 5.74) is 2.35. The van der Waals surface area contributed by atoms with Crippen LogP contribution in [0.1, 0.15) is 41.0 Å². The van der Waals surface area contributed by atoms with Crippen molar-refractivity contribution >= 4 is 54.1 Å². The number of anilines is 2. The summed E-state index contributed by atoms with van der Waals surface area (Å²) in [4.78, 5) is 8.35. The fourth-order valence-electron chi connectivity index (χ4n) is 6.09. The lowest BCUT2D eigenvalue weighted by Crippen LogP contribution is -2.37. The molecule has 3 heterocycles. The highest BCUT2D eigenvalue weighted by atomic mass is 32.2. The number of hydrogen-bond donors (Lipinski definition) is 2. The molecule has 0 unspecified atom stereocenters. The van der Waals surface area contributed by atoms with Crippen LogP contribution in [0.25, 0.3) is 0 Å².